The number of thiol groups is 1. The molecular weight excluding hydrogens is 435 g/mol. The van der Waals surface area contributed by atoms with Crippen molar-refractivity contribution in [3.05, 3.63) is 70.8 Å². The summed E-state index contributed by atoms with van der Waals surface area (Å²) in [6.07, 6.45) is -4.48. The molecule has 0 saturated heterocycles. The summed E-state index contributed by atoms with van der Waals surface area (Å²) in [6.45, 7) is 0. The molecule has 0 radical (unpaired) electrons. The van der Waals surface area contributed by atoms with E-state index in [4.69, 9.17) is 8.42 Å². The van der Waals surface area contributed by atoms with Crippen LogP contribution in [0.1, 0.15) is 5.69 Å². The van der Waals surface area contributed by atoms with E-state index in [1.54, 1.807) is 54.6 Å². The summed E-state index contributed by atoms with van der Waals surface area (Å²) in [5, 5.41) is 7.80. The first-order valence-electron chi connectivity index (χ1n) is 7.06. The Bertz CT molecular complexity index is 932. The number of hydrogen-bond acceptors (Lipinski definition) is 3. The maximum atomic E-state index is 13.0. The Labute approximate surface area is 157 Å². The van der Waals surface area contributed by atoms with Gasteiger partial charge in [0, 0.05) is 10.0 Å². The second-order valence-corrected chi connectivity index (χ2v) is 6.44. The molecule has 0 amide bonds. The van der Waals surface area contributed by atoms with Gasteiger partial charge < -0.3 is 0 Å². The highest BCUT2D eigenvalue weighted by Crippen LogP contribution is 2.33. The van der Waals surface area contributed by atoms with Crippen LogP contribution in [0, 0.1) is 0 Å². The zero-order chi connectivity index (χ0) is 19.3. The third kappa shape index (κ3) is 5.41. The smallest absolute Gasteiger partial charge is 0.233 e. The third-order valence-corrected chi connectivity index (χ3v) is 3.67. The second-order valence-electron chi connectivity index (χ2n) is 4.95. The zero-order valence-corrected chi connectivity index (χ0v) is 15.5. The average molecular weight is 448 g/mol. The van der Waals surface area contributed by atoms with Crippen molar-refractivity contribution < 1.29 is 21.6 Å². The van der Waals surface area contributed by atoms with Crippen molar-refractivity contribution >= 4 is 26.8 Å². The quantitative estimate of drug-likeness (QED) is 0.586. The molecule has 0 spiro atoms. The first-order valence-corrected chi connectivity index (χ1v) is 9.10. The van der Waals surface area contributed by atoms with Crippen LogP contribution in [0.15, 0.2) is 65.1 Å². The van der Waals surface area contributed by atoms with Gasteiger partial charge in [-0.2, -0.15) is 18.3 Å². The predicted octanol–water partition coefficient (Wildman–Crippen LogP) is 3.79. The molecule has 0 saturated carbocycles. The van der Waals surface area contributed by atoms with E-state index in [2.05, 4.69) is 26.2 Å². The van der Waals surface area contributed by atoms with Crippen LogP contribution in [0.5, 0.6) is 0 Å². The maximum Gasteiger partial charge on any atom is 0.435 e. The van der Waals surface area contributed by atoms with Crippen molar-refractivity contribution in [3.63, 3.8) is 0 Å². The summed E-state index contributed by atoms with van der Waals surface area (Å²) in [5.74, 6) is 0. The largest absolute Gasteiger partial charge is 0.435 e. The Morgan fingerprint density at radius 3 is 2.04 bits per heavy atom. The number of benzene rings is 2. The summed E-state index contributed by atoms with van der Waals surface area (Å²) >= 11 is 3.32. The van der Waals surface area contributed by atoms with Crippen molar-refractivity contribution in [2.24, 2.45) is 5.14 Å². The highest BCUT2D eigenvalue weighted by molar-refractivity contribution is 9.10. The molecule has 2 N–H and O–H groups in total. The Balaban J connectivity index is 0.000000552. The lowest BCUT2D eigenvalue weighted by molar-refractivity contribution is -0.141. The minimum Gasteiger partial charge on any atom is -0.233 e. The standard InChI is InChI=1S/C16H10BrF3N2.H3NO2S/c17-12-8-6-11(7-9-12)14-10-15(16(18,19)20)21-22(14)13-4-2-1-3-5-13;1-4(2)3/h1-10H;4H,(H2,1,2,3). The van der Waals surface area contributed by atoms with Crippen molar-refractivity contribution in [1.29, 1.82) is 0 Å². The number of nitrogens with two attached hydrogens (primary N) is 1. The summed E-state index contributed by atoms with van der Waals surface area (Å²) in [4.78, 5) is 0. The summed E-state index contributed by atoms with van der Waals surface area (Å²) in [7, 11) is -2.62. The molecule has 1 heterocycles. The number of halogens is 4. The number of nitrogens with zero attached hydrogens (tertiary/aromatic N) is 2. The minimum absolute atomic E-state index is 0.394. The van der Waals surface area contributed by atoms with Crippen LogP contribution >= 0.6 is 15.9 Å². The molecule has 0 unspecified atom stereocenters. The Morgan fingerprint density at radius 2 is 1.54 bits per heavy atom. The number of rotatable bonds is 2. The zero-order valence-electron chi connectivity index (χ0n) is 13.0. The molecular formula is C16H13BrF3N3O2S. The van der Waals surface area contributed by atoms with Gasteiger partial charge in [-0.15, -0.1) is 0 Å². The van der Waals surface area contributed by atoms with Crippen LogP contribution in [0.4, 0.5) is 13.2 Å². The fourth-order valence-electron chi connectivity index (χ4n) is 2.11. The van der Waals surface area contributed by atoms with Gasteiger partial charge in [0.2, 0.25) is 0 Å². The van der Waals surface area contributed by atoms with Crippen molar-refractivity contribution in [3.8, 4) is 16.9 Å². The van der Waals surface area contributed by atoms with Gasteiger partial charge in [-0.3, -0.25) is 0 Å². The van der Waals surface area contributed by atoms with Crippen LogP contribution in [-0.4, -0.2) is 18.2 Å². The minimum atomic E-state index is -4.48. The van der Waals surface area contributed by atoms with E-state index in [0.29, 0.717) is 16.9 Å². The molecule has 0 atom stereocenters. The summed E-state index contributed by atoms with van der Waals surface area (Å²) < 4.78 is 58.8. The van der Waals surface area contributed by atoms with Crippen LogP contribution < -0.4 is 5.14 Å². The van der Waals surface area contributed by atoms with Crippen LogP contribution in [0.3, 0.4) is 0 Å². The number of alkyl halides is 3. The van der Waals surface area contributed by atoms with Gasteiger partial charge in [0.25, 0.3) is 0 Å². The van der Waals surface area contributed by atoms with Gasteiger partial charge in [-0.05, 0) is 30.3 Å². The van der Waals surface area contributed by atoms with Gasteiger partial charge >= 0.3 is 6.18 Å². The average Bonchev–Trinajstić information content (AvgIpc) is 3.01. The van der Waals surface area contributed by atoms with Gasteiger partial charge in [-0.1, -0.05) is 46.3 Å². The maximum absolute atomic E-state index is 13.0. The topological polar surface area (TPSA) is 78.0 Å². The van der Waals surface area contributed by atoms with Gasteiger partial charge in [0.1, 0.15) is 0 Å². The number of hydrogen-bond donors (Lipinski definition) is 2. The van der Waals surface area contributed by atoms with Crippen molar-refractivity contribution in [2.75, 3.05) is 0 Å². The molecule has 0 aliphatic heterocycles. The van der Waals surface area contributed by atoms with Crippen molar-refractivity contribution in [2.45, 2.75) is 6.18 Å². The van der Waals surface area contributed by atoms with E-state index >= 15 is 0 Å². The second kappa shape index (κ2) is 8.47. The number of aromatic nitrogens is 2. The van der Waals surface area contributed by atoms with Crippen LogP contribution in [-0.2, 0) is 17.1 Å². The first-order chi connectivity index (χ1) is 12.2. The Morgan fingerprint density at radius 1 is 1.00 bits per heavy atom. The van der Waals surface area contributed by atoms with Crippen molar-refractivity contribution in [1.82, 2.24) is 9.78 Å². The lowest BCUT2D eigenvalue weighted by atomic mass is 10.1. The number of para-hydroxylation sites is 1. The molecule has 5 nitrogen and oxygen atoms in total. The molecule has 0 bridgehead atoms. The molecule has 0 fully saturated rings. The van der Waals surface area contributed by atoms with Gasteiger partial charge in [-0.25, -0.2) is 18.2 Å². The van der Waals surface area contributed by atoms with Crippen LogP contribution in [0.25, 0.3) is 16.9 Å². The molecule has 138 valence electrons. The summed E-state index contributed by atoms with van der Waals surface area (Å²) in [5.41, 5.74) is 0.728. The van der Waals surface area contributed by atoms with Gasteiger partial charge in [0.15, 0.2) is 16.6 Å². The Kier molecular flexibility index (Phi) is 6.57. The highest BCUT2D eigenvalue weighted by Gasteiger charge is 2.35. The van der Waals surface area contributed by atoms with E-state index in [1.807, 2.05) is 0 Å². The molecule has 2 aromatic carbocycles. The van der Waals surface area contributed by atoms with Crippen LogP contribution in [0.2, 0.25) is 0 Å². The molecule has 0 aliphatic rings. The highest BCUT2D eigenvalue weighted by atomic mass is 79.9. The molecule has 3 aromatic rings. The fourth-order valence-corrected chi connectivity index (χ4v) is 2.38. The lowest BCUT2D eigenvalue weighted by Gasteiger charge is -2.07. The monoisotopic (exact) mass is 447 g/mol. The molecule has 10 heteroatoms. The molecule has 1 aromatic heterocycles. The molecule has 3 rings (SSSR count). The normalized spacial score (nSPS) is 11.2. The molecule has 26 heavy (non-hydrogen) atoms. The first kappa shape index (κ1) is 20.1. The summed E-state index contributed by atoms with van der Waals surface area (Å²) in [6, 6.07) is 16.9. The SMILES string of the molecule is FC(F)(F)c1cc(-c2ccc(Br)cc2)n(-c2ccccc2)n1.N[SH](=O)=O. The van der Waals surface area contributed by atoms with E-state index in [0.717, 1.165) is 10.5 Å². The fraction of sp³-hybridized carbons (Fsp3) is 0.0625. The van der Waals surface area contributed by atoms with Gasteiger partial charge in [0.05, 0.1) is 11.4 Å². The predicted molar refractivity (Wildman–Crippen MR) is 96.2 cm³/mol. The van der Waals surface area contributed by atoms with E-state index in [-0.39, 0.29) is 0 Å². The van der Waals surface area contributed by atoms with E-state index < -0.39 is 22.8 Å². The third-order valence-electron chi connectivity index (χ3n) is 3.14. The Hall–Kier alpha value is -2.17. The van der Waals surface area contributed by atoms with E-state index in [1.165, 1.54) is 4.68 Å². The van der Waals surface area contributed by atoms with E-state index in [9.17, 15) is 13.2 Å². The molecule has 0 aliphatic carbocycles. The lowest BCUT2D eigenvalue weighted by Crippen LogP contribution is -2.07.